The topological polar surface area (TPSA) is 179 Å². The number of carboxylic acid groups (broad SMARTS) is 2. The minimum atomic E-state index is -1.38. The molecule has 3 atom stereocenters. The number of aliphatic carboxylic acids is 2. The van der Waals surface area contributed by atoms with Gasteiger partial charge < -0.3 is 26.6 Å². The van der Waals surface area contributed by atoms with Crippen LogP contribution in [0.2, 0.25) is 0 Å². The second kappa shape index (κ2) is 13.9. The second-order valence-corrected chi connectivity index (χ2v) is 10.1. The molecule has 0 unspecified atom stereocenters. The third-order valence-corrected chi connectivity index (χ3v) is 7.35. The van der Waals surface area contributed by atoms with Crippen molar-refractivity contribution in [3.63, 3.8) is 0 Å². The summed E-state index contributed by atoms with van der Waals surface area (Å²) in [5, 5.41) is 24.6. The second-order valence-electron chi connectivity index (χ2n) is 10.1. The van der Waals surface area contributed by atoms with E-state index in [1.54, 1.807) is 24.3 Å². The SMILES string of the molecule is NCCCC[C@H](NC(=O)C1CCCCC1)C(=O)N[C@H](CCC(=O)N1c2ccccc2C[C@H]1C(=O)O)C(=O)O. The standard InChI is InChI=1S/C27H38N4O7/c28-15-7-6-11-19(29-24(33)17-8-2-1-3-9-17)25(34)30-20(26(35)36)13-14-23(32)31-21-12-5-4-10-18(21)16-22(31)27(37)38/h4-5,10,12,17,19-20,22H,1-3,6-9,11,13-16,28H2,(H,29,33)(H,30,34)(H,35,36)(H,37,38)/t19-,20+,22-/m0/s1. The van der Waals surface area contributed by atoms with E-state index in [0.717, 1.165) is 37.7 Å². The number of nitrogens with zero attached hydrogens (tertiary/aromatic N) is 1. The molecule has 1 fully saturated rings. The van der Waals surface area contributed by atoms with Gasteiger partial charge in [0.15, 0.2) is 0 Å². The highest BCUT2D eigenvalue weighted by Gasteiger charge is 2.38. The molecule has 1 aromatic carbocycles. The number of anilines is 1. The number of nitrogens with two attached hydrogens (primary N) is 1. The zero-order valence-corrected chi connectivity index (χ0v) is 21.6. The minimum Gasteiger partial charge on any atom is -0.480 e. The van der Waals surface area contributed by atoms with E-state index >= 15 is 0 Å². The maximum Gasteiger partial charge on any atom is 0.327 e. The van der Waals surface area contributed by atoms with Crippen LogP contribution in [-0.4, -0.2) is 64.5 Å². The van der Waals surface area contributed by atoms with Gasteiger partial charge in [-0.15, -0.1) is 0 Å². The first-order chi connectivity index (χ1) is 18.2. The van der Waals surface area contributed by atoms with Gasteiger partial charge in [0.1, 0.15) is 18.1 Å². The van der Waals surface area contributed by atoms with Crippen molar-refractivity contribution in [3.05, 3.63) is 29.8 Å². The van der Waals surface area contributed by atoms with E-state index < -0.39 is 41.9 Å². The summed E-state index contributed by atoms with van der Waals surface area (Å²) >= 11 is 0. The molecule has 11 heteroatoms. The number of hydrogen-bond acceptors (Lipinski definition) is 6. The molecule has 6 N–H and O–H groups in total. The van der Waals surface area contributed by atoms with Crippen LogP contribution in [0.3, 0.4) is 0 Å². The summed E-state index contributed by atoms with van der Waals surface area (Å²) in [7, 11) is 0. The Morgan fingerprint density at radius 2 is 1.66 bits per heavy atom. The third kappa shape index (κ3) is 7.53. The van der Waals surface area contributed by atoms with Crippen LogP contribution in [0.15, 0.2) is 24.3 Å². The lowest BCUT2D eigenvalue weighted by atomic mass is 9.88. The number of hydrogen-bond donors (Lipinski definition) is 5. The zero-order chi connectivity index (χ0) is 27.7. The number of para-hydroxylation sites is 1. The number of nitrogens with one attached hydrogen (secondary N) is 2. The molecular weight excluding hydrogens is 492 g/mol. The summed E-state index contributed by atoms with van der Waals surface area (Å²) in [6, 6.07) is 3.53. The maximum absolute atomic E-state index is 13.1. The Labute approximate surface area is 222 Å². The largest absolute Gasteiger partial charge is 0.480 e. The van der Waals surface area contributed by atoms with Crippen LogP contribution in [0.1, 0.15) is 69.8 Å². The number of carboxylic acids is 2. The quantitative estimate of drug-likeness (QED) is 0.238. The zero-order valence-electron chi connectivity index (χ0n) is 21.6. The van der Waals surface area contributed by atoms with Crippen LogP contribution in [0.5, 0.6) is 0 Å². The van der Waals surface area contributed by atoms with Gasteiger partial charge in [-0.2, -0.15) is 0 Å². The lowest BCUT2D eigenvalue weighted by molar-refractivity contribution is -0.143. The fraction of sp³-hybridized carbons (Fsp3) is 0.593. The Morgan fingerprint density at radius 3 is 2.32 bits per heavy atom. The van der Waals surface area contributed by atoms with Crippen LogP contribution in [-0.2, 0) is 30.4 Å². The first-order valence-corrected chi connectivity index (χ1v) is 13.4. The average Bonchev–Trinajstić information content (AvgIpc) is 3.30. The van der Waals surface area contributed by atoms with Crippen molar-refractivity contribution in [2.45, 2.75) is 88.8 Å². The van der Waals surface area contributed by atoms with Crippen LogP contribution in [0.4, 0.5) is 5.69 Å². The number of carbonyl (C=O) groups is 5. The first kappa shape index (κ1) is 29.1. The van der Waals surface area contributed by atoms with Gasteiger partial charge >= 0.3 is 11.9 Å². The Bertz CT molecular complexity index is 1020. The van der Waals surface area contributed by atoms with Crippen LogP contribution in [0.25, 0.3) is 0 Å². The number of amides is 3. The molecule has 1 aromatic rings. The van der Waals surface area contributed by atoms with Gasteiger partial charge in [0.2, 0.25) is 17.7 Å². The number of carbonyl (C=O) groups excluding carboxylic acids is 3. The summed E-state index contributed by atoms with van der Waals surface area (Å²) in [4.78, 5) is 63.8. The highest BCUT2D eigenvalue weighted by atomic mass is 16.4. The number of unbranched alkanes of at least 4 members (excludes halogenated alkanes) is 1. The lowest BCUT2D eigenvalue weighted by Gasteiger charge is -2.26. The summed E-state index contributed by atoms with van der Waals surface area (Å²) in [5.41, 5.74) is 6.79. The number of fused-ring (bicyclic) bond motifs is 1. The summed E-state index contributed by atoms with van der Waals surface area (Å²) in [5.74, 6) is -3.98. The van der Waals surface area contributed by atoms with Gasteiger partial charge in [-0.05, 0) is 56.7 Å². The number of rotatable bonds is 13. The van der Waals surface area contributed by atoms with Crippen LogP contribution < -0.4 is 21.3 Å². The molecule has 1 aliphatic carbocycles. The Morgan fingerprint density at radius 1 is 0.947 bits per heavy atom. The van der Waals surface area contributed by atoms with Gasteiger partial charge in [-0.3, -0.25) is 19.3 Å². The van der Waals surface area contributed by atoms with E-state index in [1.807, 2.05) is 0 Å². The third-order valence-electron chi connectivity index (χ3n) is 7.35. The molecule has 0 saturated heterocycles. The minimum absolute atomic E-state index is 0.160. The maximum atomic E-state index is 13.1. The van der Waals surface area contributed by atoms with E-state index in [-0.39, 0.29) is 31.1 Å². The normalized spacial score (nSPS) is 18.8. The van der Waals surface area contributed by atoms with Gasteiger partial charge in [0.25, 0.3) is 0 Å². The monoisotopic (exact) mass is 530 g/mol. The van der Waals surface area contributed by atoms with Crippen molar-refractivity contribution in [1.29, 1.82) is 0 Å². The molecule has 1 aliphatic heterocycles. The van der Waals surface area contributed by atoms with Gasteiger partial charge in [-0.1, -0.05) is 37.5 Å². The average molecular weight is 531 g/mol. The van der Waals surface area contributed by atoms with Crippen LogP contribution in [0, 0.1) is 5.92 Å². The molecule has 0 spiro atoms. The van der Waals surface area contributed by atoms with Crippen molar-refractivity contribution in [2.75, 3.05) is 11.4 Å². The predicted molar refractivity (Wildman–Crippen MR) is 139 cm³/mol. The fourth-order valence-electron chi connectivity index (χ4n) is 5.23. The molecule has 2 aliphatic rings. The first-order valence-electron chi connectivity index (χ1n) is 13.4. The van der Waals surface area contributed by atoms with Gasteiger partial charge in [0.05, 0.1) is 0 Å². The molecule has 0 bridgehead atoms. The fourth-order valence-corrected chi connectivity index (χ4v) is 5.23. The molecule has 3 rings (SSSR count). The van der Waals surface area contributed by atoms with E-state index in [4.69, 9.17) is 5.73 Å². The smallest absolute Gasteiger partial charge is 0.327 e. The molecule has 1 saturated carbocycles. The van der Waals surface area contributed by atoms with Crippen molar-refractivity contribution in [1.82, 2.24) is 10.6 Å². The lowest BCUT2D eigenvalue weighted by Crippen LogP contribution is -2.53. The number of benzene rings is 1. The van der Waals surface area contributed by atoms with E-state index in [9.17, 15) is 34.2 Å². The highest BCUT2D eigenvalue weighted by Crippen LogP contribution is 2.33. The molecule has 3 amide bonds. The van der Waals surface area contributed by atoms with Gasteiger partial charge in [0, 0.05) is 24.4 Å². The predicted octanol–water partition coefficient (Wildman–Crippen LogP) is 1.57. The molecule has 0 aromatic heterocycles. The van der Waals surface area contributed by atoms with E-state index in [2.05, 4.69) is 10.6 Å². The molecule has 0 radical (unpaired) electrons. The Balaban J connectivity index is 1.64. The molecule has 38 heavy (non-hydrogen) atoms. The Hall–Kier alpha value is -3.47. The van der Waals surface area contributed by atoms with E-state index in [0.29, 0.717) is 31.5 Å². The van der Waals surface area contributed by atoms with Crippen LogP contribution >= 0.6 is 0 Å². The summed E-state index contributed by atoms with van der Waals surface area (Å²) in [6.07, 6.45) is 5.75. The molecule has 11 nitrogen and oxygen atoms in total. The van der Waals surface area contributed by atoms with Crippen molar-refractivity contribution in [3.8, 4) is 0 Å². The Kier molecular flexibility index (Phi) is 10.6. The highest BCUT2D eigenvalue weighted by molar-refractivity contribution is 6.02. The molecule has 1 heterocycles. The molecule has 208 valence electrons. The molecular formula is C27H38N4O7. The van der Waals surface area contributed by atoms with Crippen molar-refractivity contribution in [2.24, 2.45) is 11.7 Å². The van der Waals surface area contributed by atoms with Crippen molar-refractivity contribution < 1.29 is 34.2 Å². The van der Waals surface area contributed by atoms with Gasteiger partial charge in [-0.25, -0.2) is 9.59 Å². The van der Waals surface area contributed by atoms with E-state index in [1.165, 1.54) is 4.90 Å². The van der Waals surface area contributed by atoms with Crippen molar-refractivity contribution >= 4 is 35.3 Å². The summed E-state index contributed by atoms with van der Waals surface area (Å²) < 4.78 is 0. The summed E-state index contributed by atoms with van der Waals surface area (Å²) in [6.45, 7) is 0.432.